The maximum Gasteiger partial charge on any atom is 0.233 e. The number of aromatic nitrogens is 1. The average molecular weight is 244 g/mol. The highest BCUT2D eigenvalue weighted by atomic mass is 35.5. The number of anilines is 1. The summed E-state index contributed by atoms with van der Waals surface area (Å²) in [6.45, 7) is 4.91. The molecule has 1 aliphatic rings. The molecule has 1 atom stereocenters. The normalized spacial score (nSPS) is 22.5. The topological polar surface area (TPSA) is 19.4 Å². The fraction of sp³-hybridized carbons (Fsp3) is 0.545. The van der Waals surface area contributed by atoms with E-state index in [1.807, 2.05) is 0 Å². The summed E-state index contributed by atoms with van der Waals surface area (Å²) in [7, 11) is 2.09. The zero-order valence-corrected chi connectivity index (χ0v) is 10.2. The first-order chi connectivity index (χ1) is 7.58. The molecule has 1 aromatic rings. The molecule has 1 saturated heterocycles. The number of likely N-dealkylation sites (N-methyl/N-ethyl adjacent to an activating group) is 1. The van der Waals surface area contributed by atoms with E-state index in [1.165, 1.54) is 0 Å². The fourth-order valence-electron chi connectivity index (χ4n) is 2.05. The summed E-state index contributed by atoms with van der Waals surface area (Å²) in [6.07, 6.45) is 0. The molecule has 0 saturated carbocycles. The van der Waals surface area contributed by atoms with Crippen LogP contribution in [0, 0.1) is 5.95 Å². The van der Waals surface area contributed by atoms with Crippen molar-refractivity contribution in [2.24, 2.45) is 0 Å². The van der Waals surface area contributed by atoms with E-state index in [4.69, 9.17) is 11.6 Å². The number of piperazine rings is 1. The number of rotatable bonds is 1. The van der Waals surface area contributed by atoms with E-state index in [-0.39, 0.29) is 5.02 Å². The Bertz CT molecular complexity index is 385. The summed E-state index contributed by atoms with van der Waals surface area (Å²) in [4.78, 5) is 8.25. The SMILES string of the molecule is CC1CN(C)CCN1c1ccc(Cl)c(F)n1. The van der Waals surface area contributed by atoms with Gasteiger partial charge in [0.25, 0.3) is 0 Å². The van der Waals surface area contributed by atoms with E-state index in [0.717, 1.165) is 19.6 Å². The van der Waals surface area contributed by atoms with Gasteiger partial charge in [-0.1, -0.05) is 11.6 Å². The summed E-state index contributed by atoms with van der Waals surface area (Å²) >= 11 is 5.61. The number of hydrogen-bond acceptors (Lipinski definition) is 3. The van der Waals surface area contributed by atoms with Gasteiger partial charge in [-0.25, -0.2) is 4.98 Å². The molecule has 0 spiro atoms. The van der Waals surface area contributed by atoms with Crippen LogP contribution in [-0.4, -0.2) is 42.6 Å². The highest BCUT2D eigenvalue weighted by Gasteiger charge is 2.23. The van der Waals surface area contributed by atoms with Crippen LogP contribution in [-0.2, 0) is 0 Å². The highest BCUT2D eigenvalue weighted by molar-refractivity contribution is 6.30. The molecule has 0 bridgehead atoms. The molecule has 16 heavy (non-hydrogen) atoms. The van der Waals surface area contributed by atoms with Crippen LogP contribution in [0.25, 0.3) is 0 Å². The van der Waals surface area contributed by atoms with Crippen LogP contribution in [0.2, 0.25) is 5.02 Å². The monoisotopic (exact) mass is 243 g/mol. The molecule has 0 aromatic carbocycles. The Balaban J connectivity index is 2.20. The Hall–Kier alpha value is -0.870. The van der Waals surface area contributed by atoms with Crippen LogP contribution < -0.4 is 4.90 Å². The molecule has 1 fully saturated rings. The van der Waals surface area contributed by atoms with Crippen molar-refractivity contribution < 1.29 is 4.39 Å². The van der Waals surface area contributed by atoms with Crippen molar-refractivity contribution in [1.29, 1.82) is 0 Å². The number of halogens is 2. The molecule has 0 amide bonds. The van der Waals surface area contributed by atoms with Crippen LogP contribution >= 0.6 is 11.6 Å². The average Bonchev–Trinajstić information content (AvgIpc) is 2.22. The van der Waals surface area contributed by atoms with Crippen molar-refractivity contribution in [1.82, 2.24) is 9.88 Å². The number of hydrogen-bond donors (Lipinski definition) is 0. The van der Waals surface area contributed by atoms with Gasteiger partial charge in [0.2, 0.25) is 5.95 Å². The molecule has 0 aliphatic carbocycles. The predicted molar refractivity (Wildman–Crippen MR) is 63.5 cm³/mol. The summed E-state index contributed by atoms with van der Waals surface area (Å²) in [5.74, 6) is 0.0767. The largest absolute Gasteiger partial charge is 0.351 e. The highest BCUT2D eigenvalue weighted by Crippen LogP contribution is 2.21. The minimum Gasteiger partial charge on any atom is -0.351 e. The minimum atomic E-state index is -0.592. The molecule has 88 valence electrons. The van der Waals surface area contributed by atoms with Gasteiger partial charge in [-0.05, 0) is 26.1 Å². The van der Waals surface area contributed by atoms with Gasteiger partial charge in [0.1, 0.15) is 5.82 Å². The second-order valence-electron chi connectivity index (χ2n) is 4.25. The molecular weight excluding hydrogens is 229 g/mol. The third-order valence-electron chi connectivity index (χ3n) is 2.91. The summed E-state index contributed by atoms with van der Waals surface area (Å²) < 4.78 is 13.3. The number of pyridine rings is 1. The lowest BCUT2D eigenvalue weighted by molar-refractivity contribution is 0.274. The zero-order valence-electron chi connectivity index (χ0n) is 9.45. The van der Waals surface area contributed by atoms with Crippen molar-refractivity contribution in [3.8, 4) is 0 Å². The van der Waals surface area contributed by atoms with E-state index in [2.05, 4.69) is 28.8 Å². The van der Waals surface area contributed by atoms with Gasteiger partial charge >= 0.3 is 0 Å². The van der Waals surface area contributed by atoms with E-state index in [1.54, 1.807) is 12.1 Å². The third kappa shape index (κ3) is 2.28. The third-order valence-corrected chi connectivity index (χ3v) is 3.20. The first-order valence-electron chi connectivity index (χ1n) is 5.35. The fourth-order valence-corrected chi connectivity index (χ4v) is 2.15. The second-order valence-corrected chi connectivity index (χ2v) is 4.65. The number of nitrogens with zero attached hydrogens (tertiary/aromatic N) is 3. The van der Waals surface area contributed by atoms with Crippen LogP contribution in [0.5, 0.6) is 0 Å². The van der Waals surface area contributed by atoms with Crippen molar-refractivity contribution in [2.45, 2.75) is 13.0 Å². The molecule has 1 aliphatic heterocycles. The lowest BCUT2D eigenvalue weighted by Crippen LogP contribution is -2.50. The first-order valence-corrected chi connectivity index (χ1v) is 5.73. The maximum atomic E-state index is 13.3. The summed E-state index contributed by atoms with van der Waals surface area (Å²) in [5, 5.41) is 0.0746. The standard InChI is InChI=1S/C11H15ClFN3/c1-8-7-15(2)5-6-16(8)10-4-3-9(12)11(13)14-10/h3-4,8H,5-7H2,1-2H3. The van der Waals surface area contributed by atoms with E-state index < -0.39 is 5.95 Å². The van der Waals surface area contributed by atoms with Crippen molar-refractivity contribution >= 4 is 17.4 Å². The van der Waals surface area contributed by atoms with E-state index >= 15 is 0 Å². The molecule has 2 heterocycles. The quantitative estimate of drug-likeness (QED) is 0.704. The Labute approximate surface area is 99.8 Å². The van der Waals surface area contributed by atoms with Crippen molar-refractivity contribution in [3.05, 3.63) is 23.1 Å². The zero-order chi connectivity index (χ0) is 11.7. The van der Waals surface area contributed by atoms with Crippen molar-refractivity contribution in [2.75, 3.05) is 31.6 Å². The molecule has 2 rings (SSSR count). The smallest absolute Gasteiger partial charge is 0.233 e. The van der Waals surface area contributed by atoms with Gasteiger partial charge in [0.05, 0.1) is 5.02 Å². The summed E-state index contributed by atoms with van der Waals surface area (Å²) in [6, 6.07) is 3.67. The van der Waals surface area contributed by atoms with Crippen LogP contribution in [0.15, 0.2) is 12.1 Å². The second kappa shape index (κ2) is 4.55. The van der Waals surface area contributed by atoms with Gasteiger partial charge in [-0.3, -0.25) is 0 Å². The minimum absolute atomic E-state index is 0.0746. The molecule has 0 radical (unpaired) electrons. The van der Waals surface area contributed by atoms with E-state index in [9.17, 15) is 4.39 Å². The summed E-state index contributed by atoms with van der Waals surface area (Å²) in [5.41, 5.74) is 0. The van der Waals surface area contributed by atoms with Crippen LogP contribution in [0.1, 0.15) is 6.92 Å². The molecule has 1 unspecified atom stereocenters. The van der Waals surface area contributed by atoms with Gasteiger partial charge in [0.15, 0.2) is 0 Å². The lowest BCUT2D eigenvalue weighted by atomic mass is 10.2. The van der Waals surface area contributed by atoms with Crippen LogP contribution in [0.4, 0.5) is 10.2 Å². The first kappa shape index (κ1) is 11.6. The molecule has 0 N–H and O–H groups in total. The molecular formula is C11H15ClFN3. The van der Waals surface area contributed by atoms with Crippen molar-refractivity contribution in [3.63, 3.8) is 0 Å². The van der Waals surface area contributed by atoms with Crippen LogP contribution in [0.3, 0.4) is 0 Å². The van der Waals surface area contributed by atoms with Gasteiger partial charge in [-0.15, -0.1) is 0 Å². The Morgan fingerprint density at radius 3 is 2.81 bits per heavy atom. The molecule has 1 aromatic heterocycles. The van der Waals surface area contributed by atoms with Gasteiger partial charge in [-0.2, -0.15) is 4.39 Å². The van der Waals surface area contributed by atoms with Gasteiger partial charge in [0, 0.05) is 25.7 Å². The lowest BCUT2D eigenvalue weighted by Gasteiger charge is -2.39. The predicted octanol–water partition coefficient (Wildman–Crippen LogP) is 2.01. The molecule has 5 heteroatoms. The Morgan fingerprint density at radius 2 is 2.19 bits per heavy atom. The maximum absolute atomic E-state index is 13.3. The Morgan fingerprint density at radius 1 is 1.44 bits per heavy atom. The van der Waals surface area contributed by atoms with Gasteiger partial charge < -0.3 is 9.80 Å². The van der Waals surface area contributed by atoms with E-state index in [0.29, 0.717) is 11.9 Å². The Kier molecular flexibility index (Phi) is 3.30. The molecule has 3 nitrogen and oxygen atoms in total.